The lowest BCUT2D eigenvalue weighted by molar-refractivity contribution is -0.0883. The van der Waals surface area contributed by atoms with E-state index in [0.717, 1.165) is 21.5 Å². The van der Waals surface area contributed by atoms with Crippen molar-refractivity contribution in [1.82, 2.24) is 15.2 Å². The summed E-state index contributed by atoms with van der Waals surface area (Å²) in [6.07, 6.45) is 2.44. The third-order valence-electron chi connectivity index (χ3n) is 4.42. The molecular formula is C17H16BrN3O2. The number of nitrogens with zero attached hydrogens (tertiary/aromatic N) is 2. The number of hydrogen-bond donors (Lipinski definition) is 1. The lowest BCUT2D eigenvalue weighted by atomic mass is 9.90. The number of carbonyl (C=O) groups excluding carboxylic acids is 1. The quantitative estimate of drug-likeness (QED) is 0.874. The zero-order valence-corrected chi connectivity index (χ0v) is 14.2. The molecule has 2 aliphatic heterocycles. The lowest BCUT2D eigenvalue weighted by Crippen LogP contribution is -2.64. The second-order valence-corrected chi connectivity index (χ2v) is 6.99. The Hall–Kier alpha value is -2.08. The van der Waals surface area contributed by atoms with E-state index in [0.29, 0.717) is 13.0 Å². The summed E-state index contributed by atoms with van der Waals surface area (Å²) in [5.41, 5.74) is 1.18. The molecule has 0 spiro atoms. The number of fused-ring (bicyclic) bond motifs is 4. The van der Waals surface area contributed by atoms with Crippen LogP contribution < -0.4 is 10.1 Å². The summed E-state index contributed by atoms with van der Waals surface area (Å²) in [7, 11) is 0. The molecule has 2 bridgehead atoms. The fourth-order valence-electron chi connectivity index (χ4n) is 3.28. The summed E-state index contributed by atoms with van der Waals surface area (Å²) in [6, 6.07) is 11.4. The van der Waals surface area contributed by atoms with Crippen LogP contribution in [0.25, 0.3) is 0 Å². The summed E-state index contributed by atoms with van der Waals surface area (Å²) in [5, 5.41) is 3.09. The van der Waals surface area contributed by atoms with Crippen LogP contribution in [-0.4, -0.2) is 21.6 Å². The number of halogens is 1. The summed E-state index contributed by atoms with van der Waals surface area (Å²) in [6.45, 7) is 2.38. The van der Waals surface area contributed by atoms with Crippen molar-refractivity contribution in [2.45, 2.75) is 31.7 Å². The van der Waals surface area contributed by atoms with E-state index in [4.69, 9.17) is 4.74 Å². The molecule has 0 aliphatic carbocycles. The summed E-state index contributed by atoms with van der Waals surface area (Å²) in [5.74, 6) is 0.818. The molecule has 118 valence electrons. The molecular weight excluding hydrogens is 358 g/mol. The average Bonchev–Trinajstić information content (AvgIpc) is 2.53. The van der Waals surface area contributed by atoms with E-state index >= 15 is 0 Å². The average molecular weight is 374 g/mol. The van der Waals surface area contributed by atoms with Crippen molar-refractivity contribution in [3.8, 4) is 5.75 Å². The van der Waals surface area contributed by atoms with Gasteiger partial charge in [-0.2, -0.15) is 0 Å². The third kappa shape index (κ3) is 2.47. The standard InChI is InChI=1S/C17H16BrN3O2/c1-17-9-14(13-8-11(18)5-6-15(13)23-17)20-16(22)21(17)10-12-4-2-3-7-19-12/h2-8,14H,9-10H2,1H3,(H,20,22). The third-order valence-corrected chi connectivity index (χ3v) is 4.91. The number of rotatable bonds is 2. The van der Waals surface area contributed by atoms with Crippen LogP contribution in [0.4, 0.5) is 4.79 Å². The molecule has 0 radical (unpaired) electrons. The normalized spacial score (nSPS) is 25.4. The Morgan fingerprint density at radius 2 is 2.30 bits per heavy atom. The second kappa shape index (κ2) is 5.23. The predicted molar refractivity (Wildman–Crippen MR) is 88.8 cm³/mol. The van der Waals surface area contributed by atoms with Crippen molar-refractivity contribution in [2.75, 3.05) is 0 Å². The van der Waals surface area contributed by atoms with Crippen LogP contribution in [0.1, 0.15) is 30.6 Å². The van der Waals surface area contributed by atoms with Gasteiger partial charge in [0, 0.05) is 22.7 Å². The smallest absolute Gasteiger partial charge is 0.321 e. The minimum absolute atomic E-state index is 0.0336. The molecule has 6 heteroatoms. The Balaban J connectivity index is 1.69. The molecule has 2 aliphatic rings. The van der Waals surface area contributed by atoms with Gasteiger partial charge in [-0.1, -0.05) is 22.0 Å². The highest BCUT2D eigenvalue weighted by Crippen LogP contribution is 2.45. The minimum atomic E-state index is -0.675. The highest BCUT2D eigenvalue weighted by Gasteiger charge is 2.49. The maximum atomic E-state index is 12.6. The molecule has 2 atom stereocenters. The first-order valence-electron chi connectivity index (χ1n) is 7.52. The number of pyridine rings is 1. The van der Waals surface area contributed by atoms with Gasteiger partial charge in [-0.3, -0.25) is 9.88 Å². The van der Waals surface area contributed by atoms with Crippen LogP contribution in [0.2, 0.25) is 0 Å². The number of ether oxygens (including phenoxy) is 1. The van der Waals surface area contributed by atoms with Gasteiger partial charge in [0.2, 0.25) is 0 Å². The Morgan fingerprint density at radius 1 is 1.43 bits per heavy atom. The zero-order valence-electron chi connectivity index (χ0n) is 12.6. The first kappa shape index (κ1) is 14.5. The maximum absolute atomic E-state index is 12.6. The first-order valence-corrected chi connectivity index (χ1v) is 8.31. The number of amides is 2. The van der Waals surface area contributed by atoms with Crippen LogP contribution in [0.15, 0.2) is 47.1 Å². The Bertz CT molecular complexity index is 768. The molecule has 3 heterocycles. The van der Waals surface area contributed by atoms with Gasteiger partial charge in [0.15, 0.2) is 5.72 Å². The topological polar surface area (TPSA) is 54.5 Å². The maximum Gasteiger partial charge on any atom is 0.321 e. The Morgan fingerprint density at radius 3 is 3.09 bits per heavy atom. The van der Waals surface area contributed by atoms with E-state index in [1.54, 1.807) is 11.1 Å². The summed E-state index contributed by atoms with van der Waals surface area (Å²) < 4.78 is 7.20. The SMILES string of the molecule is CC12CC(NC(=O)N1Cc1ccccn1)c1cc(Br)ccc1O2. The van der Waals surface area contributed by atoms with Gasteiger partial charge in [-0.25, -0.2) is 4.79 Å². The molecule has 0 saturated carbocycles. The number of urea groups is 1. The van der Waals surface area contributed by atoms with Gasteiger partial charge >= 0.3 is 6.03 Å². The van der Waals surface area contributed by atoms with Crippen molar-refractivity contribution in [3.63, 3.8) is 0 Å². The molecule has 1 saturated heterocycles. The van der Waals surface area contributed by atoms with E-state index < -0.39 is 5.72 Å². The van der Waals surface area contributed by atoms with E-state index in [1.807, 2.05) is 43.3 Å². The predicted octanol–water partition coefficient (Wildman–Crippen LogP) is 3.61. The molecule has 1 aromatic heterocycles. The van der Waals surface area contributed by atoms with E-state index in [-0.39, 0.29) is 12.1 Å². The van der Waals surface area contributed by atoms with E-state index in [1.165, 1.54) is 0 Å². The highest BCUT2D eigenvalue weighted by atomic mass is 79.9. The minimum Gasteiger partial charge on any atom is -0.468 e. The van der Waals surface area contributed by atoms with Crippen molar-refractivity contribution < 1.29 is 9.53 Å². The number of benzene rings is 1. The van der Waals surface area contributed by atoms with Gasteiger partial charge in [0.1, 0.15) is 5.75 Å². The van der Waals surface area contributed by atoms with Gasteiger partial charge in [0.05, 0.1) is 18.3 Å². The van der Waals surface area contributed by atoms with E-state index in [9.17, 15) is 4.79 Å². The van der Waals surface area contributed by atoms with Crippen molar-refractivity contribution in [2.24, 2.45) is 0 Å². The molecule has 2 unspecified atom stereocenters. The molecule has 1 aromatic carbocycles. The van der Waals surface area contributed by atoms with Crippen LogP contribution in [0, 0.1) is 0 Å². The van der Waals surface area contributed by atoms with Crippen LogP contribution in [0.5, 0.6) is 5.75 Å². The number of hydrogen-bond acceptors (Lipinski definition) is 3. The summed E-state index contributed by atoms with van der Waals surface area (Å²) in [4.78, 5) is 18.6. The Kier molecular flexibility index (Phi) is 3.30. The molecule has 1 fully saturated rings. The fraction of sp³-hybridized carbons (Fsp3) is 0.294. The number of nitrogens with one attached hydrogen (secondary N) is 1. The van der Waals surface area contributed by atoms with Gasteiger partial charge in [0.25, 0.3) is 0 Å². The van der Waals surface area contributed by atoms with Crippen molar-refractivity contribution in [1.29, 1.82) is 0 Å². The van der Waals surface area contributed by atoms with Gasteiger partial charge < -0.3 is 10.1 Å². The number of carbonyl (C=O) groups is 1. The van der Waals surface area contributed by atoms with Crippen LogP contribution >= 0.6 is 15.9 Å². The fourth-order valence-corrected chi connectivity index (χ4v) is 3.66. The van der Waals surface area contributed by atoms with Crippen LogP contribution in [-0.2, 0) is 6.54 Å². The van der Waals surface area contributed by atoms with Crippen molar-refractivity contribution in [3.05, 3.63) is 58.3 Å². The molecule has 2 amide bonds. The zero-order chi connectivity index (χ0) is 16.0. The molecule has 5 nitrogen and oxygen atoms in total. The molecule has 4 rings (SSSR count). The molecule has 23 heavy (non-hydrogen) atoms. The molecule has 1 N–H and O–H groups in total. The number of aromatic nitrogens is 1. The second-order valence-electron chi connectivity index (χ2n) is 6.07. The summed E-state index contributed by atoms with van der Waals surface area (Å²) >= 11 is 3.48. The van der Waals surface area contributed by atoms with E-state index in [2.05, 4.69) is 26.2 Å². The largest absolute Gasteiger partial charge is 0.468 e. The molecule has 2 aromatic rings. The van der Waals surface area contributed by atoms with Crippen molar-refractivity contribution >= 4 is 22.0 Å². The van der Waals surface area contributed by atoms with Gasteiger partial charge in [-0.05, 0) is 37.3 Å². The highest BCUT2D eigenvalue weighted by molar-refractivity contribution is 9.10. The van der Waals surface area contributed by atoms with Crippen LogP contribution in [0.3, 0.4) is 0 Å². The monoisotopic (exact) mass is 373 g/mol. The Labute approximate surface area is 142 Å². The van der Waals surface area contributed by atoms with Gasteiger partial charge in [-0.15, -0.1) is 0 Å². The lowest BCUT2D eigenvalue weighted by Gasteiger charge is -2.50. The first-order chi connectivity index (χ1) is 11.0.